The van der Waals surface area contributed by atoms with Crippen LogP contribution in [0, 0.1) is 6.92 Å². The molecule has 0 fully saturated rings. The van der Waals surface area contributed by atoms with Crippen molar-refractivity contribution >= 4 is 40.9 Å². The molecule has 20 heavy (non-hydrogen) atoms. The van der Waals surface area contributed by atoms with Crippen LogP contribution in [0.1, 0.15) is 11.3 Å². The van der Waals surface area contributed by atoms with Gasteiger partial charge in [0.15, 0.2) is 0 Å². The molecule has 2 aromatic rings. The summed E-state index contributed by atoms with van der Waals surface area (Å²) < 4.78 is 1.56. The smallest absolute Gasteiger partial charge is 0.248 e. The van der Waals surface area contributed by atoms with E-state index >= 15 is 0 Å². The van der Waals surface area contributed by atoms with Crippen molar-refractivity contribution in [2.75, 3.05) is 5.32 Å². The van der Waals surface area contributed by atoms with Crippen molar-refractivity contribution in [3.8, 4) is 0 Å². The molecule has 0 aliphatic carbocycles. The van der Waals surface area contributed by atoms with Gasteiger partial charge in [-0.05, 0) is 37.3 Å². The number of aryl methyl sites for hydroxylation is 2. The minimum atomic E-state index is -0.244. The number of rotatable bonds is 3. The van der Waals surface area contributed by atoms with Crippen LogP contribution in [0.3, 0.4) is 0 Å². The van der Waals surface area contributed by atoms with Gasteiger partial charge in [0.1, 0.15) is 5.15 Å². The number of nitrogens with one attached hydrogen (secondary N) is 1. The fourth-order valence-electron chi connectivity index (χ4n) is 1.71. The summed E-state index contributed by atoms with van der Waals surface area (Å²) >= 11 is 11.9. The monoisotopic (exact) mass is 309 g/mol. The van der Waals surface area contributed by atoms with Crippen LogP contribution >= 0.6 is 23.2 Å². The highest BCUT2D eigenvalue weighted by Gasteiger charge is 2.08. The minimum absolute atomic E-state index is 0.244. The van der Waals surface area contributed by atoms with E-state index in [2.05, 4.69) is 10.4 Å². The lowest BCUT2D eigenvalue weighted by Crippen LogP contribution is -2.07. The number of hydrogen-bond acceptors (Lipinski definition) is 2. The van der Waals surface area contributed by atoms with Crippen LogP contribution in [0.5, 0.6) is 0 Å². The largest absolute Gasteiger partial charge is 0.323 e. The molecule has 0 saturated heterocycles. The molecular weight excluding hydrogens is 297 g/mol. The topological polar surface area (TPSA) is 46.9 Å². The number of benzene rings is 1. The van der Waals surface area contributed by atoms with Gasteiger partial charge in [-0.15, -0.1) is 0 Å². The van der Waals surface area contributed by atoms with Crippen molar-refractivity contribution in [1.82, 2.24) is 9.78 Å². The lowest BCUT2D eigenvalue weighted by Gasteiger charge is -2.01. The molecule has 1 aromatic heterocycles. The average Bonchev–Trinajstić information content (AvgIpc) is 2.64. The van der Waals surface area contributed by atoms with Gasteiger partial charge in [0.2, 0.25) is 5.91 Å². The van der Waals surface area contributed by atoms with Crippen molar-refractivity contribution in [1.29, 1.82) is 0 Å². The first kappa shape index (κ1) is 14.6. The van der Waals surface area contributed by atoms with Gasteiger partial charge in [-0.2, -0.15) is 5.10 Å². The minimum Gasteiger partial charge on any atom is -0.323 e. The highest BCUT2D eigenvalue weighted by Crippen LogP contribution is 2.20. The summed E-state index contributed by atoms with van der Waals surface area (Å²) in [5, 5.41) is 8.02. The zero-order valence-corrected chi connectivity index (χ0v) is 12.5. The Morgan fingerprint density at radius 3 is 2.50 bits per heavy atom. The third-order valence-corrected chi connectivity index (χ3v) is 3.41. The molecule has 0 atom stereocenters. The molecule has 0 spiro atoms. The van der Waals surface area contributed by atoms with Crippen LogP contribution in [-0.4, -0.2) is 15.7 Å². The Hall–Kier alpha value is -1.78. The summed E-state index contributed by atoms with van der Waals surface area (Å²) in [5.41, 5.74) is 2.19. The summed E-state index contributed by atoms with van der Waals surface area (Å²) in [6.45, 7) is 1.84. The fraction of sp³-hybridized carbons (Fsp3) is 0.143. The first-order valence-corrected chi connectivity index (χ1v) is 6.66. The number of carbonyl (C=O) groups is 1. The normalized spacial score (nSPS) is 11.0. The Morgan fingerprint density at radius 2 is 1.95 bits per heavy atom. The third-order valence-electron chi connectivity index (χ3n) is 2.71. The van der Waals surface area contributed by atoms with Crippen molar-refractivity contribution in [2.24, 2.45) is 7.05 Å². The van der Waals surface area contributed by atoms with Crippen LogP contribution < -0.4 is 5.32 Å². The molecular formula is C14H13Cl2N3O. The molecule has 1 aromatic carbocycles. The number of aromatic nitrogens is 2. The van der Waals surface area contributed by atoms with E-state index in [-0.39, 0.29) is 5.91 Å². The second-order valence-corrected chi connectivity index (χ2v) is 5.04. The maximum Gasteiger partial charge on any atom is 0.248 e. The predicted octanol–water partition coefficient (Wildman–Crippen LogP) is 3.69. The van der Waals surface area contributed by atoms with Crippen molar-refractivity contribution in [3.05, 3.63) is 51.8 Å². The summed E-state index contributed by atoms with van der Waals surface area (Å²) in [5.74, 6) is -0.244. The van der Waals surface area contributed by atoms with Crippen LogP contribution in [0.25, 0.3) is 6.08 Å². The third kappa shape index (κ3) is 3.40. The quantitative estimate of drug-likeness (QED) is 0.879. The summed E-state index contributed by atoms with van der Waals surface area (Å²) in [6.07, 6.45) is 3.07. The number of nitrogens with zero attached hydrogens (tertiary/aromatic N) is 2. The molecule has 0 aliphatic heterocycles. The SMILES string of the molecule is Cc1nn(C)c(Cl)c1/C=C/C(=O)Nc1ccc(Cl)cc1. The number of amides is 1. The van der Waals surface area contributed by atoms with Gasteiger partial charge in [-0.3, -0.25) is 9.48 Å². The molecule has 1 heterocycles. The van der Waals surface area contributed by atoms with Gasteiger partial charge in [0.25, 0.3) is 0 Å². The molecule has 0 unspecified atom stereocenters. The molecule has 104 valence electrons. The van der Waals surface area contributed by atoms with E-state index in [4.69, 9.17) is 23.2 Å². The van der Waals surface area contributed by atoms with Gasteiger partial charge in [-0.1, -0.05) is 23.2 Å². The zero-order chi connectivity index (χ0) is 14.7. The molecule has 1 N–H and O–H groups in total. The highest BCUT2D eigenvalue weighted by molar-refractivity contribution is 6.31. The number of carbonyl (C=O) groups excluding carboxylic acids is 1. The van der Waals surface area contributed by atoms with E-state index in [0.717, 1.165) is 11.3 Å². The molecule has 1 amide bonds. The summed E-state index contributed by atoms with van der Waals surface area (Å²) in [4.78, 5) is 11.8. The zero-order valence-electron chi connectivity index (χ0n) is 11.0. The van der Waals surface area contributed by atoms with Crippen LogP contribution in [0.15, 0.2) is 30.3 Å². The second-order valence-electron chi connectivity index (χ2n) is 4.24. The van der Waals surface area contributed by atoms with Crippen LogP contribution in [0.4, 0.5) is 5.69 Å². The van der Waals surface area contributed by atoms with Gasteiger partial charge in [0.05, 0.1) is 5.69 Å². The van der Waals surface area contributed by atoms with E-state index in [1.807, 2.05) is 6.92 Å². The van der Waals surface area contributed by atoms with Gasteiger partial charge in [0, 0.05) is 29.4 Å². The Labute approximate surface area is 127 Å². The van der Waals surface area contributed by atoms with Gasteiger partial charge in [-0.25, -0.2) is 0 Å². The van der Waals surface area contributed by atoms with E-state index in [9.17, 15) is 4.79 Å². The number of anilines is 1. The maximum atomic E-state index is 11.8. The highest BCUT2D eigenvalue weighted by atomic mass is 35.5. The fourth-order valence-corrected chi connectivity index (χ4v) is 2.08. The van der Waals surface area contributed by atoms with Crippen molar-refractivity contribution in [3.63, 3.8) is 0 Å². The molecule has 0 bridgehead atoms. The second kappa shape index (κ2) is 6.11. The Morgan fingerprint density at radius 1 is 1.30 bits per heavy atom. The van der Waals surface area contributed by atoms with Crippen molar-refractivity contribution < 1.29 is 4.79 Å². The number of halogens is 2. The lowest BCUT2D eigenvalue weighted by molar-refractivity contribution is -0.111. The lowest BCUT2D eigenvalue weighted by atomic mass is 10.2. The van der Waals surface area contributed by atoms with E-state index in [0.29, 0.717) is 15.9 Å². The van der Waals surface area contributed by atoms with E-state index in [1.165, 1.54) is 6.08 Å². The summed E-state index contributed by atoms with van der Waals surface area (Å²) in [6, 6.07) is 6.89. The predicted molar refractivity (Wildman–Crippen MR) is 82.1 cm³/mol. The van der Waals surface area contributed by atoms with E-state index < -0.39 is 0 Å². The Bertz CT molecular complexity index is 660. The Balaban J connectivity index is 2.07. The molecule has 0 aliphatic rings. The number of hydrogen-bond donors (Lipinski definition) is 1. The van der Waals surface area contributed by atoms with E-state index in [1.54, 1.807) is 42.1 Å². The standard InChI is InChI=1S/C14H13Cl2N3O/c1-9-12(14(16)19(2)18-9)7-8-13(20)17-11-5-3-10(15)4-6-11/h3-8H,1-2H3,(H,17,20)/b8-7+. The van der Waals surface area contributed by atoms with Gasteiger partial charge < -0.3 is 5.32 Å². The van der Waals surface area contributed by atoms with Crippen molar-refractivity contribution in [2.45, 2.75) is 6.92 Å². The molecule has 2 rings (SSSR count). The first-order chi connectivity index (χ1) is 9.47. The average molecular weight is 310 g/mol. The molecule has 0 saturated carbocycles. The molecule has 4 nitrogen and oxygen atoms in total. The van der Waals surface area contributed by atoms with Crippen LogP contribution in [0.2, 0.25) is 10.2 Å². The molecule has 6 heteroatoms. The maximum absolute atomic E-state index is 11.8. The van der Waals surface area contributed by atoms with Gasteiger partial charge >= 0.3 is 0 Å². The summed E-state index contributed by atoms with van der Waals surface area (Å²) in [7, 11) is 1.75. The molecule has 0 radical (unpaired) electrons. The van der Waals surface area contributed by atoms with Crippen LogP contribution in [-0.2, 0) is 11.8 Å². The first-order valence-electron chi connectivity index (χ1n) is 5.91. The Kier molecular flexibility index (Phi) is 4.47.